The smallest absolute Gasteiger partial charge is 0.340 e. The van der Waals surface area contributed by atoms with E-state index < -0.39 is 16.0 Å². The number of benzene rings is 1. The number of esters is 1. The van der Waals surface area contributed by atoms with Crippen molar-refractivity contribution in [3.8, 4) is 0 Å². The molecule has 0 bridgehead atoms. The van der Waals surface area contributed by atoms with Crippen molar-refractivity contribution in [1.82, 2.24) is 9.29 Å². The molecule has 9 heteroatoms. The molecule has 0 atom stereocenters. The van der Waals surface area contributed by atoms with E-state index in [1.54, 1.807) is 30.5 Å². The third-order valence-corrected chi connectivity index (χ3v) is 7.46. The van der Waals surface area contributed by atoms with Crippen LogP contribution in [0.5, 0.6) is 0 Å². The Balaban J connectivity index is 1.63. The minimum absolute atomic E-state index is 0.0192. The normalized spacial score (nSPS) is 18.0. The van der Waals surface area contributed by atoms with Crippen LogP contribution in [0.15, 0.2) is 47.5 Å². The number of piperidine rings is 1. The van der Waals surface area contributed by atoms with E-state index >= 15 is 0 Å². The molecule has 8 nitrogen and oxygen atoms in total. The van der Waals surface area contributed by atoms with E-state index in [1.807, 2.05) is 11.0 Å². The fraction of sp³-hybridized carbons (Fsp3) is 0.455. The van der Waals surface area contributed by atoms with Crippen LogP contribution in [-0.2, 0) is 26.1 Å². The Kier molecular flexibility index (Phi) is 6.84. The third-order valence-electron chi connectivity index (χ3n) is 5.57. The number of sulfonamides is 1. The van der Waals surface area contributed by atoms with Crippen molar-refractivity contribution in [1.29, 1.82) is 0 Å². The summed E-state index contributed by atoms with van der Waals surface area (Å²) in [6.45, 7) is 3.38. The molecule has 1 aromatic carbocycles. The number of carbonyl (C=O) groups excluding carboxylic acids is 1. The summed E-state index contributed by atoms with van der Waals surface area (Å²) < 4.78 is 38.7. The average molecular weight is 446 g/mol. The number of hydrogen-bond acceptors (Lipinski definition) is 7. The van der Waals surface area contributed by atoms with Gasteiger partial charge < -0.3 is 14.4 Å². The van der Waals surface area contributed by atoms with E-state index in [4.69, 9.17) is 9.47 Å². The Labute approximate surface area is 182 Å². The van der Waals surface area contributed by atoms with Gasteiger partial charge in [-0.1, -0.05) is 12.5 Å². The molecular weight excluding hydrogens is 418 g/mol. The van der Waals surface area contributed by atoms with Crippen LogP contribution in [0.2, 0.25) is 0 Å². The van der Waals surface area contributed by atoms with Crippen molar-refractivity contribution in [3.63, 3.8) is 0 Å². The van der Waals surface area contributed by atoms with Crippen molar-refractivity contribution >= 4 is 21.7 Å². The van der Waals surface area contributed by atoms with Crippen molar-refractivity contribution in [2.45, 2.75) is 30.8 Å². The van der Waals surface area contributed by atoms with Crippen LogP contribution in [0, 0.1) is 0 Å². The fourth-order valence-corrected chi connectivity index (χ4v) is 5.42. The summed E-state index contributed by atoms with van der Waals surface area (Å²) in [7, 11) is -3.66. The van der Waals surface area contributed by atoms with Crippen molar-refractivity contribution in [2.24, 2.45) is 0 Å². The lowest BCUT2D eigenvalue weighted by molar-refractivity contribution is 0.0467. The summed E-state index contributed by atoms with van der Waals surface area (Å²) in [6, 6.07) is 10.1. The molecular formula is C22H27N3O5S. The van der Waals surface area contributed by atoms with E-state index in [2.05, 4.69) is 4.98 Å². The predicted octanol–water partition coefficient (Wildman–Crippen LogP) is 2.45. The highest BCUT2D eigenvalue weighted by Crippen LogP contribution is 2.28. The number of aromatic nitrogens is 1. The molecule has 0 amide bonds. The standard InChI is InChI=1S/C22H27N3O5S/c26-22(30-17-18-6-2-3-9-23-18)20-16-19(31(27,28)25-10-4-1-5-11-25)7-8-21(20)24-12-14-29-15-13-24/h2-3,6-9,16H,1,4-5,10-15,17H2. The first-order valence-electron chi connectivity index (χ1n) is 10.6. The largest absolute Gasteiger partial charge is 0.456 e. The zero-order valence-corrected chi connectivity index (χ0v) is 18.2. The number of anilines is 1. The summed E-state index contributed by atoms with van der Waals surface area (Å²) in [4.78, 5) is 19.3. The highest BCUT2D eigenvalue weighted by atomic mass is 32.2. The Morgan fingerprint density at radius 2 is 1.81 bits per heavy atom. The molecule has 3 heterocycles. The van der Waals surface area contributed by atoms with Gasteiger partial charge in [-0.05, 0) is 43.2 Å². The van der Waals surface area contributed by atoms with Crippen LogP contribution >= 0.6 is 0 Å². The van der Waals surface area contributed by atoms with Crippen LogP contribution in [0.1, 0.15) is 35.3 Å². The van der Waals surface area contributed by atoms with Gasteiger partial charge in [0.05, 0.1) is 35.1 Å². The minimum atomic E-state index is -3.66. The fourth-order valence-electron chi connectivity index (χ4n) is 3.87. The Morgan fingerprint density at radius 1 is 1.03 bits per heavy atom. The highest BCUT2D eigenvalue weighted by molar-refractivity contribution is 7.89. The molecule has 2 fully saturated rings. The number of nitrogens with zero attached hydrogens (tertiary/aromatic N) is 3. The van der Waals surface area contributed by atoms with Gasteiger partial charge in [-0.3, -0.25) is 4.98 Å². The minimum Gasteiger partial charge on any atom is -0.456 e. The summed E-state index contributed by atoms with van der Waals surface area (Å²) in [6.07, 6.45) is 4.37. The molecule has 2 saturated heterocycles. The van der Waals surface area contributed by atoms with Gasteiger partial charge in [0.2, 0.25) is 10.0 Å². The number of hydrogen-bond donors (Lipinski definition) is 0. The van der Waals surface area contributed by atoms with Crippen molar-refractivity contribution < 1.29 is 22.7 Å². The van der Waals surface area contributed by atoms with Gasteiger partial charge in [0.1, 0.15) is 6.61 Å². The molecule has 2 aromatic rings. The van der Waals surface area contributed by atoms with Crippen LogP contribution < -0.4 is 4.90 Å². The molecule has 0 saturated carbocycles. The lowest BCUT2D eigenvalue weighted by atomic mass is 10.1. The maximum absolute atomic E-state index is 13.2. The molecule has 0 aliphatic carbocycles. The van der Waals surface area contributed by atoms with E-state index in [-0.39, 0.29) is 17.1 Å². The van der Waals surface area contributed by atoms with Gasteiger partial charge in [0.15, 0.2) is 0 Å². The maximum Gasteiger partial charge on any atom is 0.340 e. The van der Waals surface area contributed by atoms with Gasteiger partial charge >= 0.3 is 5.97 Å². The zero-order chi connectivity index (χ0) is 21.7. The third kappa shape index (κ3) is 5.06. The Bertz CT molecular complexity index is 1000. The van der Waals surface area contributed by atoms with Crippen LogP contribution in [0.3, 0.4) is 0 Å². The number of pyridine rings is 1. The zero-order valence-electron chi connectivity index (χ0n) is 17.4. The van der Waals surface area contributed by atoms with Gasteiger partial charge in [-0.15, -0.1) is 0 Å². The number of ether oxygens (including phenoxy) is 2. The molecule has 31 heavy (non-hydrogen) atoms. The van der Waals surface area contributed by atoms with Gasteiger partial charge in [-0.2, -0.15) is 4.31 Å². The molecule has 0 spiro atoms. The monoisotopic (exact) mass is 445 g/mol. The first kappa shape index (κ1) is 21.7. The lowest BCUT2D eigenvalue weighted by Crippen LogP contribution is -2.38. The topological polar surface area (TPSA) is 89.0 Å². The van der Waals surface area contributed by atoms with Crippen molar-refractivity contribution in [3.05, 3.63) is 53.9 Å². The summed E-state index contributed by atoms with van der Waals surface area (Å²) in [5.41, 5.74) is 1.53. The first-order valence-corrected chi connectivity index (χ1v) is 12.0. The molecule has 0 N–H and O–H groups in total. The van der Waals surface area contributed by atoms with E-state index in [9.17, 15) is 13.2 Å². The molecule has 1 aromatic heterocycles. The second-order valence-corrected chi connectivity index (χ2v) is 9.58. The average Bonchev–Trinajstić information content (AvgIpc) is 2.84. The molecule has 0 unspecified atom stereocenters. The van der Waals surface area contributed by atoms with Crippen LogP contribution in [0.4, 0.5) is 5.69 Å². The lowest BCUT2D eigenvalue weighted by Gasteiger charge is -2.31. The summed E-state index contributed by atoms with van der Waals surface area (Å²) in [5.74, 6) is -0.567. The molecule has 166 valence electrons. The molecule has 2 aliphatic heterocycles. The molecule has 2 aliphatic rings. The van der Waals surface area contributed by atoms with E-state index in [1.165, 1.54) is 10.4 Å². The highest BCUT2D eigenvalue weighted by Gasteiger charge is 2.29. The Hall–Kier alpha value is -2.49. The van der Waals surface area contributed by atoms with E-state index in [0.717, 1.165) is 19.3 Å². The quantitative estimate of drug-likeness (QED) is 0.631. The first-order chi connectivity index (χ1) is 15.1. The van der Waals surface area contributed by atoms with Gasteiger partial charge in [0, 0.05) is 32.4 Å². The summed E-state index contributed by atoms with van der Waals surface area (Å²) in [5, 5.41) is 0. The van der Waals surface area contributed by atoms with Crippen LogP contribution in [-0.4, -0.2) is 63.1 Å². The second kappa shape index (κ2) is 9.76. The maximum atomic E-state index is 13.2. The van der Waals surface area contributed by atoms with Gasteiger partial charge in [0.25, 0.3) is 0 Å². The van der Waals surface area contributed by atoms with Gasteiger partial charge in [-0.25, -0.2) is 13.2 Å². The van der Waals surface area contributed by atoms with Crippen molar-refractivity contribution in [2.75, 3.05) is 44.3 Å². The summed E-state index contributed by atoms with van der Waals surface area (Å²) >= 11 is 0. The second-order valence-electron chi connectivity index (χ2n) is 7.64. The van der Waals surface area contributed by atoms with E-state index in [0.29, 0.717) is 50.8 Å². The Morgan fingerprint density at radius 3 is 2.52 bits per heavy atom. The number of morpholine rings is 1. The predicted molar refractivity (Wildman–Crippen MR) is 115 cm³/mol. The molecule has 4 rings (SSSR count). The number of carbonyl (C=O) groups is 1. The molecule has 0 radical (unpaired) electrons. The number of rotatable bonds is 6. The SMILES string of the molecule is O=C(OCc1ccccn1)c1cc(S(=O)(=O)N2CCCCC2)ccc1N1CCOCC1. The van der Waals surface area contributed by atoms with Crippen LogP contribution in [0.25, 0.3) is 0 Å².